The van der Waals surface area contributed by atoms with Gasteiger partial charge in [-0.2, -0.15) is 0 Å². The van der Waals surface area contributed by atoms with Gasteiger partial charge in [0.1, 0.15) is 6.10 Å². The zero-order valence-electron chi connectivity index (χ0n) is 10.6. The molecule has 1 aromatic rings. The summed E-state index contributed by atoms with van der Waals surface area (Å²) in [5, 5.41) is 19.5. The maximum atomic E-state index is 11.3. The van der Waals surface area contributed by atoms with Crippen molar-refractivity contribution in [2.24, 2.45) is 0 Å². The molecule has 0 fully saturated rings. The van der Waals surface area contributed by atoms with Gasteiger partial charge in [0.15, 0.2) is 0 Å². The third-order valence-corrected chi connectivity index (χ3v) is 2.49. The molecule has 0 aliphatic rings. The van der Waals surface area contributed by atoms with Crippen LogP contribution in [-0.4, -0.2) is 47.5 Å². The molecule has 2 unspecified atom stereocenters. The Balaban J connectivity index is 2.84. The summed E-state index contributed by atoms with van der Waals surface area (Å²) in [7, 11) is 2.40. The van der Waals surface area contributed by atoms with Gasteiger partial charge in [-0.3, -0.25) is 9.78 Å². The second-order valence-corrected chi connectivity index (χ2v) is 3.79. The first-order valence-electron chi connectivity index (χ1n) is 5.45. The van der Waals surface area contributed by atoms with E-state index in [1.54, 1.807) is 0 Å². The third kappa shape index (κ3) is 4.01. The zero-order valence-corrected chi connectivity index (χ0v) is 10.6. The Hall–Kier alpha value is -1.99. The third-order valence-electron chi connectivity index (χ3n) is 2.49. The van der Waals surface area contributed by atoms with Crippen molar-refractivity contribution in [2.45, 2.75) is 18.6 Å². The molecular weight excluding hydrogens is 254 g/mol. The van der Waals surface area contributed by atoms with E-state index in [2.05, 4.69) is 14.5 Å². The number of ether oxygens (including phenoxy) is 2. The second kappa shape index (κ2) is 6.81. The molecule has 104 valence electrons. The van der Waals surface area contributed by atoms with Crippen LogP contribution in [0.1, 0.15) is 28.4 Å². The maximum Gasteiger partial charge on any atom is 0.339 e. The summed E-state index contributed by atoms with van der Waals surface area (Å²) in [4.78, 5) is 26.1. The molecule has 0 aliphatic heterocycles. The summed E-state index contributed by atoms with van der Waals surface area (Å²) in [5.41, 5.74) is 0.351. The number of pyridine rings is 1. The highest BCUT2D eigenvalue weighted by molar-refractivity contribution is 5.89. The smallest absolute Gasteiger partial charge is 0.339 e. The number of aliphatic hydroxyl groups is 2. The molecular formula is C12H15NO6. The van der Waals surface area contributed by atoms with Gasteiger partial charge >= 0.3 is 11.9 Å². The molecule has 0 radical (unpaired) electrons. The van der Waals surface area contributed by atoms with Gasteiger partial charge < -0.3 is 19.7 Å². The highest BCUT2D eigenvalue weighted by atomic mass is 16.5. The fourth-order valence-corrected chi connectivity index (χ4v) is 1.44. The van der Waals surface area contributed by atoms with Crippen molar-refractivity contribution >= 4 is 11.9 Å². The topological polar surface area (TPSA) is 106 Å². The van der Waals surface area contributed by atoms with Crippen LogP contribution in [-0.2, 0) is 14.3 Å². The minimum atomic E-state index is -1.35. The van der Waals surface area contributed by atoms with Gasteiger partial charge in [0.05, 0.1) is 32.3 Å². The molecule has 1 rings (SSSR count). The Morgan fingerprint density at radius 2 is 1.95 bits per heavy atom. The van der Waals surface area contributed by atoms with Gasteiger partial charge in [0.25, 0.3) is 0 Å². The Bertz CT molecular complexity index is 461. The molecule has 7 heteroatoms. The molecule has 0 amide bonds. The molecule has 1 aromatic heterocycles. The normalized spacial score (nSPS) is 13.5. The number of nitrogens with zero attached hydrogens (tertiary/aromatic N) is 1. The molecule has 0 bridgehead atoms. The van der Waals surface area contributed by atoms with Crippen molar-refractivity contribution < 1.29 is 29.3 Å². The minimum Gasteiger partial charge on any atom is -0.469 e. The van der Waals surface area contributed by atoms with Crippen LogP contribution in [0.5, 0.6) is 0 Å². The van der Waals surface area contributed by atoms with Crippen molar-refractivity contribution in [3.05, 3.63) is 29.6 Å². The van der Waals surface area contributed by atoms with Crippen LogP contribution in [0.4, 0.5) is 0 Å². The van der Waals surface area contributed by atoms with Crippen LogP contribution in [0.15, 0.2) is 18.5 Å². The Morgan fingerprint density at radius 1 is 1.26 bits per heavy atom. The average molecular weight is 269 g/mol. The molecule has 2 atom stereocenters. The Morgan fingerprint density at radius 3 is 2.53 bits per heavy atom. The quantitative estimate of drug-likeness (QED) is 0.714. The lowest BCUT2D eigenvalue weighted by Gasteiger charge is -2.17. The summed E-state index contributed by atoms with van der Waals surface area (Å²) in [6.45, 7) is 0. The molecule has 0 saturated carbocycles. The van der Waals surface area contributed by atoms with E-state index in [0.717, 1.165) is 0 Å². The van der Waals surface area contributed by atoms with E-state index in [1.165, 1.54) is 32.7 Å². The van der Waals surface area contributed by atoms with E-state index in [1.807, 2.05) is 0 Å². The summed E-state index contributed by atoms with van der Waals surface area (Å²) in [6.07, 6.45) is -0.495. The maximum absolute atomic E-state index is 11.3. The van der Waals surface area contributed by atoms with Gasteiger partial charge in [0, 0.05) is 18.0 Å². The number of carbonyl (C=O) groups is 2. The number of esters is 2. The molecule has 0 aliphatic carbocycles. The molecule has 2 N–H and O–H groups in total. The lowest BCUT2D eigenvalue weighted by molar-refractivity contribution is -0.144. The van der Waals surface area contributed by atoms with E-state index >= 15 is 0 Å². The number of rotatable bonds is 5. The van der Waals surface area contributed by atoms with E-state index in [9.17, 15) is 19.8 Å². The molecule has 0 aromatic carbocycles. The predicted octanol–water partition coefficient (Wildman–Crippen LogP) is -0.174. The van der Waals surface area contributed by atoms with Crippen LogP contribution in [0.3, 0.4) is 0 Å². The number of hydrogen-bond donors (Lipinski definition) is 2. The van der Waals surface area contributed by atoms with E-state index in [-0.39, 0.29) is 17.5 Å². The standard InChI is InChI=1S/C12H15NO6/c1-18-10(15)4-9(14)11(16)7-3-8(6-13-5-7)12(17)19-2/h3,5-6,9,11,14,16H,4H2,1-2H3. The number of methoxy groups -OCH3 is 2. The molecule has 1 heterocycles. The van der Waals surface area contributed by atoms with Gasteiger partial charge in [0.2, 0.25) is 0 Å². The lowest BCUT2D eigenvalue weighted by atomic mass is 10.0. The fourth-order valence-electron chi connectivity index (χ4n) is 1.44. The van der Waals surface area contributed by atoms with Gasteiger partial charge in [-0.1, -0.05) is 0 Å². The van der Waals surface area contributed by atoms with E-state index in [4.69, 9.17) is 0 Å². The van der Waals surface area contributed by atoms with Gasteiger partial charge in [-0.05, 0) is 6.07 Å². The first-order chi connectivity index (χ1) is 8.99. The molecule has 0 spiro atoms. The van der Waals surface area contributed by atoms with Crippen molar-refractivity contribution in [2.75, 3.05) is 14.2 Å². The second-order valence-electron chi connectivity index (χ2n) is 3.79. The lowest BCUT2D eigenvalue weighted by Crippen LogP contribution is -2.23. The van der Waals surface area contributed by atoms with Crippen LogP contribution >= 0.6 is 0 Å². The highest BCUT2D eigenvalue weighted by Crippen LogP contribution is 2.19. The monoisotopic (exact) mass is 269 g/mol. The first kappa shape index (κ1) is 15.1. The van der Waals surface area contributed by atoms with Crippen molar-refractivity contribution in [1.82, 2.24) is 4.98 Å². The van der Waals surface area contributed by atoms with Crippen LogP contribution < -0.4 is 0 Å². The summed E-state index contributed by atoms with van der Waals surface area (Å²) < 4.78 is 8.90. The van der Waals surface area contributed by atoms with Crippen molar-refractivity contribution in [1.29, 1.82) is 0 Å². The highest BCUT2D eigenvalue weighted by Gasteiger charge is 2.23. The van der Waals surface area contributed by atoms with Crippen molar-refractivity contribution in [3.63, 3.8) is 0 Å². The first-order valence-corrected chi connectivity index (χ1v) is 5.45. The number of aliphatic hydroxyl groups excluding tert-OH is 2. The van der Waals surface area contributed by atoms with E-state index in [0.29, 0.717) is 0 Å². The number of carbonyl (C=O) groups excluding carboxylic acids is 2. The average Bonchev–Trinajstić information content (AvgIpc) is 2.45. The van der Waals surface area contributed by atoms with Crippen LogP contribution in [0.25, 0.3) is 0 Å². The zero-order chi connectivity index (χ0) is 14.4. The number of aromatic nitrogens is 1. The van der Waals surface area contributed by atoms with Crippen molar-refractivity contribution in [3.8, 4) is 0 Å². The van der Waals surface area contributed by atoms with E-state index < -0.39 is 24.1 Å². The summed E-state index contributed by atoms with van der Waals surface area (Å²) >= 11 is 0. The summed E-state index contributed by atoms with van der Waals surface area (Å²) in [5.74, 6) is -1.26. The minimum absolute atomic E-state index is 0.143. The summed E-state index contributed by atoms with van der Waals surface area (Å²) in [6, 6.07) is 1.34. The SMILES string of the molecule is COC(=O)CC(O)C(O)c1cncc(C(=O)OC)c1. The molecule has 19 heavy (non-hydrogen) atoms. The Kier molecular flexibility index (Phi) is 5.40. The molecule has 0 saturated heterocycles. The fraction of sp³-hybridized carbons (Fsp3) is 0.417. The van der Waals surface area contributed by atoms with Crippen LogP contribution in [0, 0.1) is 0 Å². The van der Waals surface area contributed by atoms with Gasteiger partial charge in [-0.25, -0.2) is 4.79 Å². The van der Waals surface area contributed by atoms with Crippen LogP contribution in [0.2, 0.25) is 0 Å². The predicted molar refractivity (Wildman–Crippen MR) is 63.2 cm³/mol. The largest absolute Gasteiger partial charge is 0.469 e. The Labute approximate surface area is 109 Å². The van der Waals surface area contributed by atoms with Gasteiger partial charge in [-0.15, -0.1) is 0 Å². The number of hydrogen-bond acceptors (Lipinski definition) is 7. The molecule has 7 nitrogen and oxygen atoms in total.